The SMILES string of the molecule is CC(C)(C)C1(C#N)CCCN1. The molecule has 1 aliphatic heterocycles. The zero-order valence-corrected chi connectivity index (χ0v) is 7.57. The lowest BCUT2D eigenvalue weighted by Crippen LogP contribution is -2.49. The number of hydrogen-bond donors (Lipinski definition) is 1. The lowest BCUT2D eigenvalue weighted by atomic mass is 9.74. The number of hydrogen-bond acceptors (Lipinski definition) is 2. The standard InChI is InChI=1S/C9H16N2/c1-8(2,3)9(7-10)5-4-6-11-9/h11H,4-6H2,1-3H3. The molecule has 0 aromatic rings. The van der Waals surface area contributed by atoms with Gasteiger partial charge in [-0.25, -0.2) is 0 Å². The van der Waals surface area contributed by atoms with Crippen molar-refractivity contribution in [3.05, 3.63) is 0 Å². The van der Waals surface area contributed by atoms with Crippen molar-refractivity contribution in [2.24, 2.45) is 5.41 Å². The van der Waals surface area contributed by atoms with Gasteiger partial charge in [0.05, 0.1) is 6.07 Å². The van der Waals surface area contributed by atoms with Gasteiger partial charge < -0.3 is 0 Å². The highest BCUT2D eigenvalue weighted by Gasteiger charge is 2.44. The van der Waals surface area contributed by atoms with Crippen molar-refractivity contribution < 1.29 is 0 Å². The second-order valence-corrected chi connectivity index (χ2v) is 4.30. The van der Waals surface area contributed by atoms with E-state index in [1.807, 2.05) is 0 Å². The number of nitrogens with zero attached hydrogens (tertiary/aromatic N) is 1. The first-order valence-corrected chi connectivity index (χ1v) is 4.18. The van der Waals surface area contributed by atoms with Crippen molar-refractivity contribution in [1.82, 2.24) is 5.32 Å². The molecule has 11 heavy (non-hydrogen) atoms. The molecule has 1 unspecified atom stereocenters. The first-order valence-electron chi connectivity index (χ1n) is 4.18. The van der Waals surface area contributed by atoms with E-state index in [1.165, 1.54) is 0 Å². The van der Waals surface area contributed by atoms with E-state index in [9.17, 15) is 0 Å². The minimum absolute atomic E-state index is 0.0538. The Kier molecular flexibility index (Phi) is 1.94. The van der Waals surface area contributed by atoms with Crippen LogP contribution in [0, 0.1) is 16.7 Å². The van der Waals surface area contributed by atoms with Gasteiger partial charge in [0.15, 0.2) is 0 Å². The summed E-state index contributed by atoms with van der Waals surface area (Å²) in [5.74, 6) is 0. The Labute approximate surface area is 68.6 Å². The molecule has 1 rings (SSSR count). The third kappa shape index (κ3) is 1.25. The van der Waals surface area contributed by atoms with Crippen molar-refractivity contribution >= 4 is 0 Å². The summed E-state index contributed by atoms with van der Waals surface area (Å²) >= 11 is 0. The minimum Gasteiger partial charge on any atom is -0.299 e. The second kappa shape index (κ2) is 2.49. The molecule has 0 spiro atoms. The van der Waals surface area contributed by atoms with Crippen molar-refractivity contribution in [3.8, 4) is 6.07 Å². The van der Waals surface area contributed by atoms with Gasteiger partial charge in [-0.15, -0.1) is 0 Å². The van der Waals surface area contributed by atoms with E-state index in [1.54, 1.807) is 0 Å². The van der Waals surface area contributed by atoms with E-state index >= 15 is 0 Å². The molecule has 0 aromatic carbocycles. The van der Waals surface area contributed by atoms with Gasteiger partial charge in [0.25, 0.3) is 0 Å². The van der Waals surface area contributed by atoms with Crippen LogP contribution in [0.3, 0.4) is 0 Å². The van der Waals surface area contributed by atoms with Crippen LogP contribution in [-0.2, 0) is 0 Å². The van der Waals surface area contributed by atoms with Crippen molar-refractivity contribution in [2.75, 3.05) is 6.54 Å². The molecule has 1 fully saturated rings. The number of nitrogens with one attached hydrogen (secondary N) is 1. The molecule has 2 nitrogen and oxygen atoms in total. The summed E-state index contributed by atoms with van der Waals surface area (Å²) in [7, 11) is 0. The highest BCUT2D eigenvalue weighted by Crippen LogP contribution is 2.36. The lowest BCUT2D eigenvalue weighted by Gasteiger charge is -2.35. The normalized spacial score (nSPS) is 31.8. The molecule has 0 bridgehead atoms. The molecule has 1 N–H and O–H groups in total. The first-order chi connectivity index (χ1) is 5.02. The Bertz CT molecular complexity index is 177. The molecule has 62 valence electrons. The van der Waals surface area contributed by atoms with E-state index in [2.05, 4.69) is 32.2 Å². The van der Waals surface area contributed by atoms with E-state index in [0.717, 1.165) is 19.4 Å². The molecule has 0 aromatic heterocycles. The third-order valence-corrected chi connectivity index (χ3v) is 2.63. The van der Waals surface area contributed by atoms with Gasteiger partial charge in [-0.2, -0.15) is 5.26 Å². The number of nitriles is 1. The van der Waals surface area contributed by atoms with Gasteiger partial charge >= 0.3 is 0 Å². The summed E-state index contributed by atoms with van der Waals surface area (Å²) in [4.78, 5) is 0. The van der Waals surface area contributed by atoms with Crippen LogP contribution < -0.4 is 5.32 Å². The molecule has 0 radical (unpaired) electrons. The largest absolute Gasteiger partial charge is 0.299 e. The average molecular weight is 152 g/mol. The fraction of sp³-hybridized carbons (Fsp3) is 0.889. The molecule has 0 amide bonds. The van der Waals surface area contributed by atoms with Crippen LogP contribution in [0.25, 0.3) is 0 Å². The highest BCUT2D eigenvalue weighted by atomic mass is 15.0. The summed E-state index contributed by atoms with van der Waals surface area (Å²) in [6, 6.07) is 2.41. The third-order valence-electron chi connectivity index (χ3n) is 2.63. The lowest BCUT2D eigenvalue weighted by molar-refractivity contribution is 0.222. The quantitative estimate of drug-likeness (QED) is 0.573. The maximum absolute atomic E-state index is 9.04. The van der Waals surface area contributed by atoms with Crippen molar-refractivity contribution in [3.63, 3.8) is 0 Å². The average Bonchev–Trinajstić information content (AvgIpc) is 2.33. The maximum Gasteiger partial charge on any atom is 0.111 e. The van der Waals surface area contributed by atoms with E-state index in [4.69, 9.17) is 5.26 Å². The zero-order chi connectivity index (χ0) is 8.54. The van der Waals surface area contributed by atoms with Gasteiger partial charge in [0, 0.05) is 0 Å². The maximum atomic E-state index is 9.04. The van der Waals surface area contributed by atoms with Gasteiger partial charge in [-0.05, 0) is 24.8 Å². The Hall–Kier alpha value is -0.550. The molecular formula is C9H16N2. The van der Waals surface area contributed by atoms with Crippen LogP contribution in [-0.4, -0.2) is 12.1 Å². The highest BCUT2D eigenvalue weighted by molar-refractivity contribution is 5.16. The summed E-state index contributed by atoms with van der Waals surface area (Å²) in [6.45, 7) is 7.35. The fourth-order valence-corrected chi connectivity index (χ4v) is 1.65. The predicted molar refractivity (Wildman–Crippen MR) is 45.0 cm³/mol. The summed E-state index contributed by atoms with van der Waals surface area (Å²) in [5.41, 5.74) is -0.217. The molecule has 1 aliphatic rings. The predicted octanol–water partition coefficient (Wildman–Crippen LogP) is 1.68. The first kappa shape index (κ1) is 8.55. The van der Waals surface area contributed by atoms with Crippen LogP contribution in [0.2, 0.25) is 0 Å². The van der Waals surface area contributed by atoms with Crippen molar-refractivity contribution in [2.45, 2.75) is 39.2 Å². The Balaban J connectivity index is 2.86. The van der Waals surface area contributed by atoms with Crippen LogP contribution in [0.1, 0.15) is 33.6 Å². The van der Waals surface area contributed by atoms with Crippen LogP contribution in [0.4, 0.5) is 0 Å². The molecule has 0 saturated carbocycles. The smallest absolute Gasteiger partial charge is 0.111 e. The van der Waals surface area contributed by atoms with Gasteiger partial charge in [-0.1, -0.05) is 20.8 Å². The minimum atomic E-state index is -0.271. The van der Waals surface area contributed by atoms with Gasteiger partial charge in [0.1, 0.15) is 5.54 Å². The van der Waals surface area contributed by atoms with E-state index in [0.29, 0.717) is 0 Å². The summed E-state index contributed by atoms with van der Waals surface area (Å²) in [6.07, 6.45) is 2.12. The van der Waals surface area contributed by atoms with Crippen molar-refractivity contribution in [1.29, 1.82) is 5.26 Å². The summed E-state index contributed by atoms with van der Waals surface area (Å²) < 4.78 is 0. The monoisotopic (exact) mass is 152 g/mol. The van der Waals surface area contributed by atoms with E-state index < -0.39 is 0 Å². The van der Waals surface area contributed by atoms with E-state index in [-0.39, 0.29) is 11.0 Å². The van der Waals surface area contributed by atoms with Crippen LogP contribution in [0.15, 0.2) is 0 Å². The van der Waals surface area contributed by atoms with Crippen LogP contribution >= 0.6 is 0 Å². The Morgan fingerprint density at radius 1 is 1.45 bits per heavy atom. The molecule has 1 heterocycles. The van der Waals surface area contributed by atoms with Crippen LogP contribution in [0.5, 0.6) is 0 Å². The Morgan fingerprint density at radius 3 is 2.27 bits per heavy atom. The Morgan fingerprint density at radius 2 is 2.09 bits per heavy atom. The molecule has 1 atom stereocenters. The molecule has 0 aliphatic carbocycles. The fourth-order valence-electron chi connectivity index (χ4n) is 1.65. The second-order valence-electron chi connectivity index (χ2n) is 4.30. The van der Waals surface area contributed by atoms with Gasteiger partial charge in [0.2, 0.25) is 0 Å². The molecule has 2 heteroatoms. The zero-order valence-electron chi connectivity index (χ0n) is 7.57. The number of rotatable bonds is 0. The molecule has 1 saturated heterocycles. The topological polar surface area (TPSA) is 35.8 Å². The summed E-state index contributed by atoms with van der Waals surface area (Å²) in [5, 5.41) is 12.3. The van der Waals surface area contributed by atoms with Gasteiger partial charge in [-0.3, -0.25) is 5.32 Å². The molecular weight excluding hydrogens is 136 g/mol.